The summed E-state index contributed by atoms with van der Waals surface area (Å²) in [6, 6.07) is 0.189. The first-order chi connectivity index (χ1) is 5.57. The number of hydrogen-bond donors (Lipinski definition) is 1. The molecule has 2 rings (SSSR count). The summed E-state index contributed by atoms with van der Waals surface area (Å²) in [6.07, 6.45) is 2.65. The average molecular weight is 175 g/mol. The third-order valence-electron chi connectivity index (χ3n) is 3.32. The number of rotatable bonds is 0. The van der Waals surface area contributed by atoms with Gasteiger partial charge in [-0.1, -0.05) is 0 Å². The topological polar surface area (TPSA) is 26.0 Å². The van der Waals surface area contributed by atoms with E-state index >= 15 is 0 Å². The van der Waals surface area contributed by atoms with Crippen molar-refractivity contribution in [1.29, 1.82) is 0 Å². The number of nitrogens with two attached hydrogens (primary N) is 1. The third kappa shape index (κ3) is 1.47. The first-order valence-corrected chi connectivity index (χ1v) is 4.70. The maximum atomic E-state index is 12.9. The first-order valence-electron chi connectivity index (χ1n) is 4.70. The fraction of sp³-hybridized carbons (Fsp3) is 1.00. The van der Waals surface area contributed by atoms with E-state index in [0.717, 1.165) is 12.8 Å². The summed E-state index contributed by atoms with van der Waals surface area (Å²) in [7, 11) is 0. The minimum absolute atomic E-state index is 0.0842. The van der Waals surface area contributed by atoms with Gasteiger partial charge in [0.25, 0.3) is 0 Å². The summed E-state index contributed by atoms with van der Waals surface area (Å²) < 4.78 is 25.9. The van der Waals surface area contributed by atoms with Gasteiger partial charge in [0.05, 0.1) is 0 Å². The number of halogens is 2. The van der Waals surface area contributed by atoms with Crippen LogP contribution < -0.4 is 5.73 Å². The fourth-order valence-electron chi connectivity index (χ4n) is 2.74. The predicted molar refractivity (Wildman–Crippen MR) is 43.0 cm³/mol. The van der Waals surface area contributed by atoms with E-state index in [1.54, 1.807) is 0 Å². The summed E-state index contributed by atoms with van der Waals surface area (Å²) in [5.41, 5.74) is 5.74. The van der Waals surface area contributed by atoms with Gasteiger partial charge in [-0.25, -0.2) is 8.78 Å². The zero-order chi connectivity index (χ0) is 8.77. The molecule has 0 heterocycles. The van der Waals surface area contributed by atoms with Crippen molar-refractivity contribution in [2.24, 2.45) is 17.6 Å². The maximum Gasteiger partial charge on any atom is 0.248 e. The van der Waals surface area contributed by atoms with Crippen LogP contribution in [0.3, 0.4) is 0 Å². The quantitative estimate of drug-likeness (QED) is 0.600. The summed E-state index contributed by atoms with van der Waals surface area (Å²) in [5.74, 6) is -1.69. The lowest BCUT2D eigenvalue weighted by atomic mass is 9.80. The summed E-state index contributed by atoms with van der Waals surface area (Å²) in [6.45, 7) is 0. The number of alkyl halides is 2. The second-order valence-electron chi connectivity index (χ2n) is 4.35. The van der Waals surface area contributed by atoms with Crippen molar-refractivity contribution in [2.45, 2.75) is 44.1 Å². The minimum atomic E-state index is -2.40. The Hall–Kier alpha value is -0.180. The normalized spacial score (nSPS) is 45.8. The molecule has 0 saturated heterocycles. The van der Waals surface area contributed by atoms with Crippen LogP contribution >= 0.6 is 0 Å². The van der Waals surface area contributed by atoms with Crippen molar-refractivity contribution in [3.63, 3.8) is 0 Å². The molecule has 2 aliphatic rings. The van der Waals surface area contributed by atoms with Gasteiger partial charge in [0.1, 0.15) is 0 Å². The van der Waals surface area contributed by atoms with Crippen LogP contribution in [-0.4, -0.2) is 12.0 Å². The molecule has 0 aromatic carbocycles. The molecular weight excluding hydrogens is 160 g/mol. The third-order valence-corrected chi connectivity index (χ3v) is 3.32. The molecule has 2 saturated carbocycles. The van der Waals surface area contributed by atoms with Gasteiger partial charge >= 0.3 is 0 Å². The second kappa shape index (κ2) is 2.66. The van der Waals surface area contributed by atoms with Crippen molar-refractivity contribution >= 4 is 0 Å². The van der Waals surface area contributed by atoms with Crippen molar-refractivity contribution in [3.8, 4) is 0 Å². The molecule has 3 heteroatoms. The second-order valence-corrected chi connectivity index (χ2v) is 4.35. The zero-order valence-corrected chi connectivity index (χ0v) is 7.10. The fourth-order valence-corrected chi connectivity index (χ4v) is 2.74. The molecule has 0 amide bonds. The summed E-state index contributed by atoms with van der Waals surface area (Å²) in [4.78, 5) is 0. The Kier molecular flexibility index (Phi) is 1.86. The molecule has 1 nitrogen and oxygen atoms in total. The van der Waals surface area contributed by atoms with E-state index in [1.807, 2.05) is 0 Å². The minimum Gasteiger partial charge on any atom is -0.328 e. The molecule has 2 fully saturated rings. The van der Waals surface area contributed by atoms with Crippen LogP contribution in [-0.2, 0) is 0 Å². The van der Waals surface area contributed by atoms with Gasteiger partial charge in [0.15, 0.2) is 0 Å². The van der Waals surface area contributed by atoms with Crippen LogP contribution in [0, 0.1) is 11.8 Å². The van der Waals surface area contributed by atoms with E-state index in [2.05, 4.69) is 0 Å². The standard InChI is InChI=1S/C9H15F2N/c10-9(11)2-1-6-3-8(12)4-7(6)5-9/h6-8H,1-5,12H2/t6-,7+,8-/m0/s1. The van der Waals surface area contributed by atoms with Crippen LogP contribution in [0.5, 0.6) is 0 Å². The maximum absolute atomic E-state index is 12.9. The molecule has 2 aliphatic carbocycles. The van der Waals surface area contributed by atoms with Gasteiger partial charge in [0, 0.05) is 18.9 Å². The molecule has 0 aromatic heterocycles. The van der Waals surface area contributed by atoms with E-state index in [9.17, 15) is 8.78 Å². The average Bonchev–Trinajstić information content (AvgIpc) is 2.26. The van der Waals surface area contributed by atoms with Gasteiger partial charge in [0.2, 0.25) is 5.92 Å². The zero-order valence-electron chi connectivity index (χ0n) is 7.10. The van der Waals surface area contributed by atoms with E-state index in [-0.39, 0.29) is 24.8 Å². The Balaban J connectivity index is 2.02. The van der Waals surface area contributed by atoms with E-state index < -0.39 is 5.92 Å². The Morgan fingerprint density at radius 3 is 2.58 bits per heavy atom. The summed E-state index contributed by atoms with van der Waals surface area (Å²) >= 11 is 0. The van der Waals surface area contributed by atoms with Crippen LogP contribution in [0.1, 0.15) is 32.1 Å². The van der Waals surface area contributed by atoms with Crippen molar-refractivity contribution in [1.82, 2.24) is 0 Å². The lowest BCUT2D eigenvalue weighted by Crippen LogP contribution is -2.29. The number of hydrogen-bond acceptors (Lipinski definition) is 1. The van der Waals surface area contributed by atoms with Gasteiger partial charge in [-0.05, 0) is 31.1 Å². The molecule has 2 N–H and O–H groups in total. The van der Waals surface area contributed by atoms with E-state index in [1.165, 1.54) is 0 Å². The van der Waals surface area contributed by atoms with Crippen molar-refractivity contribution in [3.05, 3.63) is 0 Å². The van der Waals surface area contributed by atoms with Gasteiger partial charge < -0.3 is 5.73 Å². The van der Waals surface area contributed by atoms with Gasteiger partial charge in [-0.2, -0.15) is 0 Å². The van der Waals surface area contributed by atoms with Crippen LogP contribution in [0.15, 0.2) is 0 Å². The molecule has 0 aliphatic heterocycles. The molecule has 0 bridgehead atoms. The van der Waals surface area contributed by atoms with Gasteiger partial charge in [-0.15, -0.1) is 0 Å². The molecule has 12 heavy (non-hydrogen) atoms. The molecule has 0 radical (unpaired) electrons. The largest absolute Gasteiger partial charge is 0.328 e. The monoisotopic (exact) mass is 175 g/mol. The lowest BCUT2D eigenvalue weighted by molar-refractivity contribution is -0.0634. The highest BCUT2D eigenvalue weighted by Gasteiger charge is 2.44. The SMILES string of the molecule is N[C@@H]1C[C@@H]2CC(F)(F)CC[C@H]2C1. The highest BCUT2D eigenvalue weighted by molar-refractivity contribution is 4.92. The summed E-state index contributed by atoms with van der Waals surface area (Å²) in [5, 5.41) is 0. The van der Waals surface area contributed by atoms with E-state index in [0.29, 0.717) is 12.3 Å². The number of fused-ring (bicyclic) bond motifs is 1. The molecular formula is C9H15F2N. The van der Waals surface area contributed by atoms with Crippen molar-refractivity contribution < 1.29 is 8.78 Å². The smallest absolute Gasteiger partial charge is 0.248 e. The molecule has 0 unspecified atom stereocenters. The molecule has 0 aromatic rings. The van der Waals surface area contributed by atoms with Gasteiger partial charge in [-0.3, -0.25) is 0 Å². The highest BCUT2D eigenvalue weighted by atomic mass is 19.3. The highest BCUT2D eigenvalue weighted by Crippen LogP contribution is 2.47. The van der Waals surface area contributed by atoms with Crippen molar-refractivity contribution in [2.75, 3.05) is 0 Å². The molecule has 0 spiro atoms. The Bertz CT molecular complexity index is 181. The molecule has 70 valence electrons. The van der Waals surface area contributed by atoms with Crippen LogP contribution in [0.4, 0.5) is 8.78 Å². The Labute approximate surface area is 71.3 Å². The first kappa shape index (κ1) is 8.42. The molecule has 3 atom stereocenters. The predicted octanol–water partition coefficient (Wildman–Crippen LogP) is 2.16. The Morgan fingerprint density at radius 1 is 1.17 bits per heavy atom. The van der Waals surface area contributed by atoms with Crippen LogP contribution in [0.25, 0.3) is 0 Å². The van der Waals surface area contributed by atoms with E-state index in [4.69, 9.17) is 5.73 Å². The lowest BCUT2D eigenvalue weighted by Gasteiger charge is -2.31. The van der Waals surface area contributed by atoms with Crippen LogP contribution in [0.2, 0.25) is 0 Å². The Morgan fingerprint density at radius 2 is 1.83 bits per heavy atom.